The Balaban J connectivity index is 2.44. The first-order valence-corrected chi connectivity index (χ1v) is 12.2. The van der Waals surface area contributed by atoms with Crippen molar-refractivity contribution in [1.82, 2.24) is 10.1 Å². The van der Waals surface area contributed by atoms with Gasteiger partial charge in [0.05, 0.1) is 8.07 Å². The molecule has 1 aliphatic rings. The van der Waals surface area contributed by atoms with Crippen LogP contribution >= 0.6 is 0 Å². The Hall–Kier alpha value is 0.354. The van der Waals surface area contributed by atoms with Crippen LogP contribution < -0.4 is 5.09 Å². The van der Waals surface area contributed by atoms with Gasteiger partial charge in [-0.1, -0.05) is 32.7 Å². The molecule has 78 valence electrons. The molecule has 0 unspecified atom stereocenters. The van der Waals surface area contributed by atoms with Gasteiger partial charge in [0.15, 0.2) is 0 Å². The summed E-state index contributed by atoms with van der Waals surface area (Å²) < 4.78 is 0. The Kier molecular flexibility index (Phi) is 3.38. The van der Waals surface area contributed by atoms with Gasteiger partial charge in [-0.15, -0.1) is 0 Å². The van der Waals surface area contributed by atoms with Gasteiger partial charge >= 0.3 is 0 Å². The number of hydrogen-bond donors (Lipinski definition) is 1. The van der Waals surface area contributed by atoms with Crippen molar-refractivity contribution in [1.29, 1.82) is 0 Å². The van der Waals surface area contributed by atoms with Crippen LogP contribution in [0, 0.1) is 0 Å². The maximum absolute atomic E-state index is 3.76. The molecule has 1 aliphatic heterocycles. The highest BCUT2D eigenvalue weighted by molar-refractivity contribution is 6.77. The van der Waals surface area contributed by atoms with E-state index in [0.717, 1.165) is 0 Å². The summed E-state index contributed by atoms with van der Waals surface area (Å²) in [5, 5.41) is 6.26. The molecule has 1 heterocycles. The number of rotatable bonds is 2. The lowest BCUT2D eigenvalue weighted by atomic mass is 10.5. The van der Waals surface area contributed by atoms with Gasteiger partial charge < -0.3 is 0 Å². The fraction of sp³-hybridized carbons (Fsp3) is 1.00. The highest BCUT2D eigenvalue weighted by Gasteiger charge is 2.30. The Morgan fingerprint density at radius 2 is 1.92 bits per heavy atom. The number of hydrogen-bond acceptors (Lipinski definition) is 2. The summed E-state index contributed by atoms with van der Waals surface area (Å²) in [6, 6.07) is 1.44. The van der Waals surface area contributed by atoms with Crippen molar-refractivity contribution in [2.75, 3.05) is 12.7 Å². The molecule has 0 spiro atoms. The van der Waals surface area contributed by atoms with Gasteiger partial charge in [0.25, 0.3) is 0 Å². The van der Waals surface area contributed by atoms with Crippen molar-refractivity contribution in [2.45, 2.75) is 45.2 Å². The third-order valence-corrected chi connectivity index (χ3v) is 6.21. The summed E-state index contributed by atoms with van der Waals surface area (Å²) in [6.07, 6.45) is 2.71. The van der Waals surface area contributed by atoms with Crippen LogP contribution in [-0.2, 0) is 0 Å². The number of nitrogens with one attached hydrogen (secondary N) is 1. The zero-order chi connectivity index (χ0) is 10.1. The molecule has 0 aromatic rings. The largest absolute Gasteiger partial charge is 0.277 e. The molecule has 0 radical (unpaired) electrons. The van der Waals surface area contributed by atoms with E-state index in [0.29, 0.717) is 0 Å². The van der Waals surface area contributed by atoms with Gasteiger partial charge in [0, 0.05) is 12.7 Å². The van der Waals surface area contributed by atoms with Crippen molar-refractivity contribution in [3.05, 3.63) is 0 Å². The molecule has 4 heteroatoms. The quantitative estimate of drug-likeness (QED) is 0.713. The zero-order valence-electron chi connectivity index (χ0n) is 9.78. The van der Waals surface area contributed by atoms with Crippen LogP contribution in [0.15, 0.2) is 0 Å². The highest BCUT2D eigenvalue weighted by Crippen LogP contribution is 2.16. The lowest BCUT2D eigenvalue weighted by molar-refractivity contribution is 0.255. The van der Waals surface area contributed by atoms with Crippen molar-refractivity contribution >= 4 is 16.3 Å². The molecule has 0 aromatic carbocycles. The van der Waals surface area contributed by atoms with Gasteiger partial charge in [0.1, 0.15) is 8.24 Å². The van der Waals surface area contributed by atoms with E-state index < -0.39 is 16.3 Å². The Morgan fingerprint density at radius 1 is 1.31 bits per heavy atom. The topological polar surface area (TPSA) is 15.3 Å². The van der Waals surface area contributed by atoms with Crippen LogP contribution in [0.1, 0.15) is 6.42 Å². The maximum Gasteiger partial charge on any atom is 0.136 e. The molecular formula is C9H24N2Si2. The minimum Gasteiger partial charge on any atom is -0.277 e. The van der Waals surface area contributed by atoms with Crippen LogP contribution in [0.3, 0.4) is 0 Å². The third-order valence-electron chi connectivity index (χ3n) is 2.36. The van der Waals surface area contributed by atoms with Gasteiger partial charge in [-0.3, -0.25) is 10.1 Å². The summed E-state index contributed by atoms with van der Waals surface area (Å²) >= 11 is 0. The minimum atomic E-state index is -1.06. The van der Waals surface area contributed by atoms with Gasteiger partial charge in [-0.05, 0) is 12.5 Å². The molecule has 1 fully saturated rings. The smallest absolute Gasteiger partial charge is 0.136 e. The average molecular weight is 216 g/mol. The molecular weight excluding hydrogens is 192 g/mol. The molecule has 0 amide bonds. The summed E-state index contributed by atoms with van der Waals surface area (Å²) in [5.74, 6) is 0. The summed E-state index contributed by atoms with van der Waals surface area (Å²) in [6.45, 7) is 13.5. The minimum absolute atomic E-state index is 0.921. The fourth-order valence-electron chi connectivity index (χ4n) is 1.94. The first kappa shape index (κ1) is 11.4. The van der Waals surface area contributed by atoms with Gasteiger partial charge in [-0.25, -0.2) is 0 Å². The standard InChI is InChI=1S/C9H24N2Si2/c1-12(2,3)9-11-7-6-8-13(4,5)10-11/h10H,6-9H2,1-5H3. The molecule has 0 saturated carbocycles. The monoisotopic (exact) mass is 216 g/mol. The molecule has 1 rings (SSSR count). The first-order valence-electron chi connectivity index (χ1n) is 5.31. The summed E-state index contributed by atoms with van der Waals surface area (Å²) in [4.78, 5) is 0. The van der Waals surface area contributed by atoms with Crippen LogP contribution in [0.5, 0.6) is 0 Å². The van der Waals surface area contributed by atoms with Crippen LogP contribution in [0.4, 0.5) is 0 Å². The van der Waals surface area contributed by atoms with Crippen molar-refractivity contribution in [3.8, 4) is 0 Å². The highest BCUT2D eigenvalue weighted by atomic mass is 28.3. The molecule has 2 nitrogen and oxygen atoms in total. The lowest BCUT2D eigenvalue weighted by Gasteiger charge is -2.40. The predicted octanol–water partition coefficient (Wildman–Crippen LogP) is 2.28. The molecule has 1 N–H and O–H groups in total. The van der Waals surface area contributed by atoms with E-state index in [4.69, 9.17) is 0 Å². The first-order chi connectivity index (χ1) is 5.79. The molecule has 0 bridgehead atoms. The average Bonchev–Trinajstić information content (AvgIpc) is 1.79. The van der Waals surface area contributed by atoms with Crippen LogP contribution in [-0.4, -0.2) is 34.0 Å². The molecule has 0 aromatic heterocycles. The summed E-state index contributed by atoms with van der Waals surface area (Å²) in [7, 11) is -1.98. The Morgan fingerprint density at radius 3 is 2.38 bits per heavy atom. The Bertz CT molecular complexity index is 173. The van der Waals surface area contributed by atoms with E-state index >= 15 is 0 Å². The van der Waals surface area contributed by atoms with E-state index in [9.17, 15) is 0 Å². The van der Waals surface area contributed by atoms with E-state index in [-0.39, 0.29) is 0 Å². The molecule has 0 atom stereocenters. The van der Waals surface area contributed by atoms with Crippen molar-refractivity contribution in [3.63, 3.8) is 0 Å². The van der Waals surface area contributed by atoms with E-state index in [1.54, 1.807) is 0 Å². The number of nitrogens with zero attached hydrogens (tertiary/aromatic N) is 1. The third kappa shape index (κ3) is 4.40. The van der Waals surface area contributed by atoms with E-state index in [1.807, 2.05) is 0 Å². The van der Waals surface area contributed by atoms with Crippen molar-refractivity contribution in [2.24, 2.45) is 0 Å². The van der Waals surface area contributed by atoms with Crippen molar-refractivity contribution < 1.29 is 0 Å². The second kappa shape index (κ2) is 3.84. The summed E-state index contributed by atoms with van der Waals surface area (Å²) in [5.41, 5.74) is 0. The zero-order valence-corrected chi connectivity index (χ0v) is 11.8. The molecule has 1 saturated heterocycles. The Labute approximate surface area is 84.8 Å². The number of hydrazine groups is 1. The van der Waals surface area contributed by atoms with Crippen LogP contribution in [0.2, 0.25) is 38.8 Å². The van der Waals surface area contributed by atoms with E-state index in [2.05, 4.69) is 42.8 Å². The fourth-order valence-corrected chi connectivity index (χ4v) is 5.68. The lowest BCUT2D eigenvalue weighted by Crippen LogP contribution is -2.61. The maximum atomic E-state index is 3.76. The van der Waals surface area contributed by atoms with Gasteiger partial charge in [0.2, 0.25) is 0 Å². The van der Waals surface area contributed by atoms with Crippen LogP contribution in [0.25, 0.3) is 0 Å². The molecule has 0 aliphatic carbocycles. The normalized spacial score (nSPS) is 24.7. The van der Waals surface area contributed by atoms with Gasteiger partial charge in [-0.2, -0.15) is 0 Å². The molecule has 13 heavy (non-hydrogen) atoms. The SMILES string of the molecule is C[Si](C)(C)CN1CCC[Si](C)(C)N1. The predicted molar refractivity (Wildman–Crippen MR) is 65.0 cm³/mol. The van der Waals surface area contributed by atoms with E-state index in [1.165, 1.54) is 25.2 Å². The second-order valence-electron chi connectivity index (χ2n) is 6.08. The second-order valence-corrected chi connectivity index (χ2v) is 16.0.